The number of aliphatic hydroxyl groups is 2. The molecule has 13 nitrogen and oxygen atoms in total. The number of aliphatic imine (C=N–C) groups is 1. The minimum atomic E-state index is -2.31. The number of esters is 3. The highest BCUT2D eigenvalue weighted by atomic mass is 16.6. The number of ether oxygens (including phenoxy) is 4. The molecule has 2 aliphatic carbocycles. The van der Waals surface area contributed by atoms with Gasteiger partial charge in [0.05, 0.1) is 49.8 Å². The molecule has 0 unspecified atom stereocenters. The first-order valence-corrected chi connectivity index (χ1v) is 21.0. The van der Waals surface area contributed by atoms with Gasteiger partial charge in [0.25, 0.3) is 0 Å². The van der Waals surface area contributed by atoms with E-state index in [1.54, 1.807) is 7.11 Å². The van der Waals surface area contributed by atoms with E-state index in [2.05, 4.69) is 21.9 Å². The number of likely N-dealkylation sites (N-methyl/N-ethyl adjacent to an activating group) is 1. The topological polar surface area (TPSA) is 151 Å². The van der Waals surface area contributed by atoms with Crippen molar-refractivity contribution in [2.45, 2.75) is 105 Å². The number of hydrogen-bond acceptors (Lipinski definition) is 13. The molecule has 2 saturated carbocycles. The van der Waals surface area contributed by atoms with Crippen LogP contribution in [0.3, 0.4) is 0 Å². The van der Waals surface area contributed by atoms with Crippen molar-refractivity contribution in [3.05, 3.63) is 76.9 Å². The lowest BCUT2D eigenvalue weighted by Gasteiger charge is -2.63. The summed E-state index contributed by atoms with van der Waals surface area (Å²) in [6.07, 6.45) is 7.25. The Hall–Kier alpha value is -4.56. The van der Waals surface area contributed by atoms with E-state index in [1.807, 2.05) is 68.3 Å². The van der Waals surface area contributed by atoms with Gasteiger partial charge in [-0.1, -0.05) is 55.8 Å². The van der Waals surface area contributed by atoms with Gasteiger partial charge in [0.2, 0.25) is 5.60 Å². The van der Waals surface area contributed by atoms with Crippen LogP contribution in [0.15, 0.2) is 65.2 Å². The Labute approximate surface area is 344 Å². The molecule has 0 amide bonds. The van der Waals surface area contributed by atoms with Crippen LogP contribution in [0.5, 0.6) is 5.75 Å². The molecule has 13 heteroatoms. The molecule has 6 aliphatic heterocycles. The highest BCUT2D eigenvalue weighted by molar-refractivity contribution is 6.22. The highest BCUT2D eigenvalue weighted by Crippen LogP contribution is 2.69. The van der Waals surface area contributed by atoms with E-state index in [-0.39, 0.29) is 18.5 Å². The van der Waals surface area contributed by atoms with Gasteiger partial charge in [0.1, 0.15) is 11.2 Å². The summed E-state index contributed by atoms with van der Waals surface area (Å²) in [5.74, 6) is -1.54. The number of methoxy groups -OCH3 is 3. The zero-order chi connectivity index (χ0) is 41.7. The van der Waals surface area contributed by atoms with Gasteiger partial charge in [0, 0.05) is 73.8 Å². The molecule has 0 aromatic heterocycles. The SMILES string of the molecule is CC[C@]1(O)C=C2C[C@](C(=O)OC)(c3cc4c(cc3OC)N(C)[C@H]3[C@@](O)(C(=O)OC)[C@H](OC(C)=O)[C@]5(CC)C=CCN6CC[C@]43[C@@H]65)C3=Nc4ccccc4[C@@]34CCN(C1)[C@@H]24. The molecule has 0 radical (unpaired) electrons. The van der Waals surface area contributed by atoms with Gasteiger partial charge in [-0.25, -0.2) is 4.79 Å². The second-order valence-electron chi connectivity index (χ2n) is 18.3. The molecule has 2 N–H and O–H groups in total. The van der Waals surface area contributed by atoms with Crippen molar-refractivity contribution in [2.75, 3.05) is 59.5 Å². The summed E-state index contributed by atoms with van der Waals surface area (Å²) < 4.78 is 23.9. The van der Waals surface area contributed by atoms with Crippen molar-refractivity contribution in [1.29, 1.82) is 0 Å². The number of fused-ring (bicyclic) bond motifs is 2. The van der Waals surface area contributed by atoms with Gasteiger partial charge in [-0.2, -0.15) is 0 Å². The lowest BCUT2D eigenvalue weighted by molar-refractivity contribution is -0.228. The van der Waals surface area contributed by atoms with Crippen LogP contribution in [0.2, 0.25) is 0 Å². The van der Waals surface area contributed by atoms with E-state index in [1.165, 1.54) is 21.1 Å². The van der Waals surface area contributed by atoms with Gasteiger partial charge < -0.3 is 34.1 Å². The molecule has 4 fully saturated rings. The highest BCUT2D eigenvalue weighted by Gasteiger charge is 2.81. The van der Waals surface area contributed by atoms with Crippen molar-refractivity contribution in [3.63, 3.8) is 0 Å². The molecule has 0 bridgehead atoms. The van der Waals surface area contributed by atoms with Crippen molar-refractivity contribution >= 4 is 35.0 Å². The van der Waals surface area contributed by atoms with Gasteiger partial charge in [-0.3, -0.25) is 24.4 Å². The first-order chi connectivity index (χ1) is 28.2. The largest absolute Gasteiger partial charge is 0.496 e. The standard InChI is InChI=1S/C46H54N4O9/c1-8-41(54)23-27-24-45(39(52)57-6,35-43(16-20-50(25-41)34(27)43)28-13-10-11-14-31(28)47-35)30-21-29-32(22-33(30)56-5)48(4)37-44(29)17-19-49-18-12-15-42(9-2,36(44)49)38(59-26(3)51)46(37,55)40(53)58-7/h10-15,21-23,34,36-38,54-55H,8-9,16-20,24-25H2,1-7H3/t34-,36-,37+,38+,41-,42+,43+,44+,45-,46-/m0/s1. The molecular formula is C46H54N4O9. The molecule has 2 aromatic rings. The van der Waals surface area contributed by atoms with E-state index >= 15 is 4.79 Å². The summed E-state index contributed by atoms with van der Waals surface area (Å²) in [7, 11) is 6.11. The van der Waals surface area contributed by atoms with Gasteiger partial charge in [-0.05, 0) is 61.9 Å². The molecule has 312 valence electrons. The quantitative estimate of drug-likeness (QED) is 0.239. The number of carbonyl (C=O) groups is 3. The van der Waals surface area contributed by atoms with Gasteiger partial charge in [-0.15, -0.1) is 0 Å². The smallest absolute Gasteiger partial charge is 0.344 e. The number of anilines is 1. The third kappa shape index (κ3) is 4.34. The maximum atomic E-state index is 15.3. The number of carbonyl (C=O) groups excluding carboxylic acids is 3. The van der Waals surface area contributed by atoms with Crippen LogP contribution in [-0.4, -0.2) is 134 Å². The first kappa shape index (κ1) is 38.6. The number of benzene rings is 2. The van der Waals surface area contributed by atoms with Crippen LogP contribution in [0.4, 0.5) is 11.4 Å². The van der Waals surface area contributed by atoms with Crippen LogP contribution < -0.4 is 9.64 Å². The van der Waals surface area contributed by atoms with Crippen LogP contribution in [0, 0.1) is 5.41 Å². The molecule has 6 heterocycles. The molecule has 2 saturated heterocycles. The Morgan fingerprint density at radius 1 is 0.915 bits per heavy atom. The Morgan fingerprint density at radius 3 is 2.36 bits per heavy atom. The normalized spacial score (nSPS) is 39.5. The summed E-state index contributed by atoms with van der Waals surface area (Å²) in [5.41, 5.74) is -1.78. The molecule has 59 heavy (non-hydrogen) atoms. The summed E-state index contributed by atoms with van der Waals surface area (Å²) >= 11 is 0. The van der Waals surface area contributed by atoms with Crippen LogP contribution in [0.25, 0.3) is 0 Å². The molecule has 2 spiro atoms. The minimum Gasteiger partial charge on any atom is -0.496 e. The van der Waals surface area contributed by atoms with Crippen LogP contribution in [0.1, 0.15) is 69.6 Å². The molecule has 8 aliphatic rings. The minimum absolute atomic E-state index is 0.113. The third-order valence-electron chi connectivity index (χ3n) is 16.2. The van der Waals surface area contributed by atoms with Crippen LogP contribution in [-0.2, 0) is 44.8 Å². The Kier molecular flexibility index (Phi) is 8.18. The molecular weight excluding hydrogens is 753 g/mol. The third-order valence-corrected chi connectivity index (χ3v) is 16.2. The fourth-order valence-electron chi connectivity index (χ4n) is 14.3. The average molecular weight is 807 g/mol. The molecule has 10 atom stereocenters. The number of rotatable bonds is 7. The summed E-state index contributed by atoms with van der Waals surface area (Å²) in [5, 5.41) is 25.3. The fraction of sp³-hybridized carbons (Fsp3) is 0.565. The predicted molar refractivity (Wildman–Crippen MR) is 218 cm³/mol. The maximum absolute atomic E-state index is 15.3. The van der Waals surface area contributed by atoms with Gasteiger partial charge >= 0.3 is 17.9 Å². The summed E-state index contributed by atoms with van der Waals surface area (Å²) in [6.45, 7) is 7.79. The zero-order valence-electron chi connectivity index (χ0n) is 34.9. The first-order valence-electron chi connectivity index (χ1n) is 21.0. The van der Waals surface area contributed by atoms with E-state index in [0.29, 0.717) is 68.9 Å². The Bertz CT molecular complexity index is 2310. The zero-order valence-corrected chi connectivity index (χ0v) is 34.9. The number of hydrogen-bond donors (Lipinski definition) is 2. The second kappa shape index (κ2) is 12.5. The van der Waals surface area contributed by atoms with Crippen LogP contribution >= 0.6 is 0 Å². The molecule has 10 rings (SSSR count). The lowest BCUT2D eigenvalue weighted by Crippen LogP contribution is -2.81. The summed E-state index contributed by atoms with van der Waals surface area (Å²) in [4.78, 5) is 54.8. The monoisotopic (exact) mass is 806 g/mol. The summed E-state index contributed by atoms with van der Waals surface area (Å²) in [6, 6.07) is 10.8. The van der Waals surface area contributed by atoms with E-state index in [9.17, 15) is 19.8 Å². The van der Waals surface area contributed by atoms with E-state index < -0.39 is 62.9 Å². The van der Waals surface area contributed by atoms with Crippen molar-refractivity contribution in [2.24, 2.45) is 10.4 Å². The average Bonchev–Trinajstić information content (AvgIpc) is 3.99. The Morgan fingerprint density at radius 2 is 1.66 bits per heavy atom. The lowest BCUT2D eigenvalue weighted by atomic mass is 9.47. The van der Waals surface area contributed by atoms with Gasteiger partial charge in [0.15, 0.2) is 6.10 Å². The van der Waals surface area contributed by atoms with Crippen molar-refractivity contribution in [1.82, 2.24) is 9.80 Å². The fourth-order valence-corrected chi connectivity index (χ4v) is 14.3. The second-order valence-corrected chi connectivity index (χ2v) is 18.3. The Balaban J connectivity index is 1.28. The van der Waals surface area contributed by atoms with Crippen molar-refractivity contribution < 1.29 is 43.5 Å². The number of nitrogens with zero attached hydrogens (tertiary/aromatic N) is 4. The predicted octanol–water partition coefficient (Wildman–Crippen LogP) is 3.64. The molecule has 2 aromatic carbocycles. The van der Waals surface area contributed by atoms with E-state index in [0.717, 1.165) is 28.1 Å². The van der Waals surface area contributed by atoms with E-state index in [4.69, 9.17) is 23.9 Å². The van der Waals surface area contributed by atoms with Crippen molar-refractivity contribution in [3.8, 4) is 5.75 Å². The maximum Gasteiger partial charge on any atom is 0.344 e. The number of para-hydroxylation sites is 1.